The zero-order valence-electron chi connectivity index (χ0n) is 7.39. The minimum Gasteiger partial charge on any atom is -0.462 e. The molecule has 0 rings (SSSR count). The van der Waals surface area contributed by atoms with Crippen molar-refractivity contribution >= 4 is 17.6 Å². The third-order valence-corrected chi connectivity index (χ3v) is 1.09. The molecule has 1 N–H and O–H groups in total. The number of esters is 1. The molecule has 0 radical (unpaired) electrons. The Hall–Kier alpha value is -0.540. The summed E-state index contributed by atoms with van der Waals surface area (Å²) in [7, 11) is 0. The fourth-order valence-corrected chi connectivity index (χ4v) is 0.699. The van der Waals surface area contributed by atoms with Crippen molar-refractivity contribution in [1.82, 2.24) is 5.32 Å². The number of carbonyl (C=O) groups excluding carboxylic acids is 1. The van der Waals surface area contributed by atoms with Gasteiger partial charge in [-0.2, -0.15) is 0 Å². The van der Waals surface area contributed by atoms with Gasteiger partial charge in [0.1, 0.15) is 0 Å². The van der Waals surface area contributed by atoms with E-state index >= 15 is 0 Å². The Labute approximate surface area is 77.7 Å². The minimum atomic E-state index is -0.275. The predicted molar refractivity (Wildman–Crippen MR) is 49.1 cm³/mol. The Bertz CT molecular complexity index is 168. The van der Waals surface area contributed by atoms with Crippen molar-refractivity contribution in [3.05, 3.63) is 11.6 Å². The maximum absolute atomic E-state index is 10.9. The monoisotopic (exact) mass is 191 g/mol. The van der Waals surface area contributed by atoms with Gasteiger partial charge >= 0.3 is 5.97 Å². The predicted octanol–water partition coefficient (Wildman–Crippen LogP) is 1.28. The van der Waals surface area contributed by atoms with Crippen molar-refractivity contribution < 1.29 is 9.53 Å². The molecule has 12 heavy (non-hydrogen) atoms. The average molecular weight is 192 g/mol. The molecule has 0 amide bonds. The van der Waals surface area contributed by atoms with Crippen LogP contribution in [0.15, 0.2) is 11.6 Å². The maximum atomic E-state index is 10.9. The van der Waals surface area contributed by atoms with Crippen molar-refractivity contribution in [1.29, 1.82) is 0 Å². The number of ether oxygens (including phenoxy) is 1. The van der Waals surface area contributed by atoms with E-state index < -0.39 is 0 Å². The lowest BCUT2D eigenvalue weighted by Gasteiger charge is -2.07. The van der Waals surface area contributed by atoms with Crippen LogP contribution in [-0.4, -0.2) is 25.2 Å². The molecule has 0 saturated heterocycles. The number of hydrogen-bond donors (Lipinski definition) is 1. The van der Waals surface area contributed by atoms with E-state index in [-0.39, 0.29) is 18.6 Å². The number of rotatable bonds is 5. The first-order valence-electron chi connectivity index (χ1n) is 3.76. The molecule has 0 unspecified atom stereocenters. The van der Waals surface area contributed by atoms with E-state index in [9.17, 15) is 4.79 Å². The highest BCUT2D eigenvalue weighted by molar-refractivity contribution is 6.29. The van der Waals surface area contributed by atoms with Gasteiger partial charge in [-0.1, -0.05) is 18.2 Å². The fourth-order valence-electron chi connectivity index (χ4n) is 0.605. The Balaban J connectivity index is 3.38. The highest BCUT2D eigenvalue weighted by atomic mass is 35.5. The number of halogens is 1. The summed E-state index contributed by atoms with van der Waals surface area (Å²) in [5, 5.41) is 3.26. The van der Waals surface area contributed by atoms with E-state index in [1.165, 1.54) is 0 Å². The number of hydrogen-bond acceptors (Lipinski definition) is 3. The SMILES string of the molecule is C=C(Cl)CNCC(=O)OC(C)C. The van der Waals surface area contributed by atoms with Gasteiger partial charge in [-0.15, -0.1) is 0 Å². The first-order valence-corrected chi connectivity index (χ1v) is 4.13. The number of nitrogens with one attached hydrogen (secondary N) is 1. The van der Waals surface area contributed by atoms with Crippen molar-refractivity contribution in [2.75, 3.05) is 13.1 Å². The Morgan fingerprint density at radius 1 is 1.58 bits per heavy atom. The van der Waals surface area contributed by atoms with Gasteiger partial charge in [0, 0.05) is 11.6 Å². The summed E-state index contributed by atoms with van der Waals surface area (Å²) >= 11 is 5.46. The second kappa shape index (κ2) is 6.03. The van der Waals surface area contributed by atoms with Gasteiger partial charge in [-0.25, -0.2) is 0 Å². The van der Waals surface area contributed by atoms with E-state index in [0.717, 1.165) is 0 Å². The Morgan fingerprint density at radius 3 is 2.58 bits per heavy atom. The largest absolute Gasteiger partial charge is 0.462 e. The van der Waals surface area contributed by atoms with Gasteiger partial charge in [0.25, 0.3) is 0 Å². The smallest absolute Gasteiger partial charge is 0.320 e. The van der Waals surface area contributed by atoms with Crippen LogP contribution in [0.25, 0.3) is 0 Å². The first-order chi connectivity index (χ1) is 5.52. The van der Waals surface area contributed by atoms with Gasteiger partial charge in [0.2, 0.25) is 0 Å². The highest BCUT2D eigenvalue weighted by Gasteiger charge is 2.03. The van der Waals surface area contributed by atoms with Gasteiger partial charge in [-0.3, -0.25) is 4.79 Å². The van der Waals surface area contributed by atoms with E-state index in [4.69, 9.17) is 16.3 Å². The summed E-state index contributed by atoms with van der Waals surface area (Å²) in [5.41, 5.74) is 0. The van der Waals surface area contributed by atoms with Gasteiger partial charge in [-0.05, 0) is 13.8 Å². The number of carbonyl (C=O) groups is 1. The van der Waals surface area contributed by atoms with Crippen LogP contribution in [0.4, 0.5) is 0 Å². The molecule has 0 aliphatic rings. The van der Waals surface area contributed by atoms with Crippen LogP contribution in [0, 0.1) is 0 Å². The summed E-state index contributed by atoms with van der Waals surface area (Å²) in [6, 6.07) is 0. The van der Waals surface area contributed by atoms with E-state index in [2.05, 4.69) is 11.9 Å². The molecule has 0 aromatic rings. The molecule has 0 saturated carbocycles. The van der Waals surface area contributed by atoms with Crippen LogP contribution in [0.1, 0.15) is 13.8 Å². The molecule has 0 aromatic heterocycles. The molecular weight excluding hydrogens is 178 g/mol. The van der Waals surface area contributed by atoms with E-state index in [1.54, 1.807) is 13.8 Å². The molecule has 0 aliphatic heterocycles. The van der Waals surface area contributed by atoms with Crippen molar-refractivity contribution in [3.63, 3.8) is 0 Å². The Morgan fingerprint density at radius 2 is 2.17 bits per heavy atom. The second-order valence-electron chi connectivity index (χ2n) is 2.66. The minimum absolute atomic E-state index is 0.0708. The van der Waals surface area contributed by atoms with Crippen LogP contribution in [0.5, 0.6) is 0 Å². The van der Waals surface area contributed by atoms with E-state index in [0.29, 0.717) is 11.6 Å². The summed E-state index contributed by atoms with van der Waals surface area (Å²) in [6.45, 7) is 7.67. The third kappa shape index (κ3) is 7.57. The van der Waals surface area contributed by atoms with Crippen LogP contribution >= 0.6 is 11.6 Å². The summed E-state index contributed by atoms with van der Waals surface area (Å²) in [4.78, 5) is 10.9. The van der Waals surface area contributed by atoms with Crippen LogP contribution in [0.3, 0.4) is 0 Å². The standard InChI is InChI=1S/C8H14ClNO2/c1-6(2)12-8(11)5-10-4-7(3)9/h6,10H,3-5H2,1-2H3. The van der Waals surface area contributed by atoms with Gasteiger partial charge in [0.15, 0.2) is 0 Å². The quantitative estimate of drug-likeness (QED) is 0.666. The first kappa shape index (κ1) is 11.5. The van der Waals surface area contributed by atoms with Crippen molar-refractivity contribution in [3.8, 4) is 0 Å². The molecule has 70 valence electrons. The Kier molecular flexibility index (Phi) is 5.76. The lowest BCUT2D eigenvalue weighted by molar-refractivity contribution is -0.146. The lowest BCUT2D eigenvalue weighted by atomic mass is 10.5. The molecule has 0 heterocycles. The van der Waals surface area contributed by atoms with Crippen molar-refractivity contribution in [2.45, 2.75) is 20.0 Å². The molecule has 0 atom stereocenters. The zero-order chi connectivity index (χ0) is 9.56. The molecule has 0 bridgehead atoms. The normalized spacial score (nSPS) is 10.0. The third-order valence-electron chi connectivity index (χ3n) is 0.953. The zero-order valence-corrected chi connectivity index (χ0v) is 8.15. The molecule has 3 nitrogen and oxygen atoms in total. The molecular formula is C8H14ClNO2. The lowest BCUT2D eigenvalue weighted by Crippen LogP contribution is -2.27. The molecule has 0 fully saturated rings. The average Bonchev–Trinajstić information content (AvgIpc) is 1.84. The molecule has 0 spiro atoms. The molecule has 0 aliphatic carbocycles. The maximum Gasteiger partial charge on any atom is 0.320 e. The highest BCUT2D eigenvalue weighted by Crippen LogP contribution is 1.92. The topological polar surface area (TPSA) is 38.3 Å². The fraction of sp³-hybridized carbons (Fsp3) is 0.625. The van der Waals surface area contributed by atoms with Gasteiger partial charge < -0.3 is 10.1 Å². The van der Waals surface area contributed by atoms with E-state index in [1.807, 2.05) is 0 Å². The summed E-state index contributed by atoms with van der Waals surface area (Å²) in [6.07, 6.45) is -0.0708. The van der Waals surface area contributed by atoms with Crippen molar-refractivity contribution in [2.24, 2.45) is 0 Å². The summed E-state index contributed by atoms with van der Waals surface area (Å²) < 4.78 is 4.86. The molecule has 4 heteroatoms. The molecule has 0 aromatic carbocycles. The second-order valence-corrected chi connectivity index (χ2v) is 3.19. The van der Waals surface area contributed by atoms with Gasteiger partial charge in [0.05, 0.1) is 12.6 Å². The van der Waals surface area contributed by atoms with Crippen LogP contribution in [-0.2, 0) is 9.53 Å². The summed E-state index contributed by atoms with van der Waals surface area (Å²) in [5.74, 6) is -0.275. The van der Waals surface area contributed by atoms with Crippen LogP contribution < -0.4 is 5.32 Å². The van der Waals surface area contributed by atoms with Crippen LogP contribution in [0.2, 0.25) is 0 Å².